The number of rotatable bonds is 6. The first-order chi connectivity index (χ1) is 17.7. The van der Waals surface area contributed by atoms with Gasteiger partial charge in [-0.2, -0.15) is 13.2 Å². The first-order valence-electron chi connectivity index (χ1n) is 12.1. The fourth-order valence-corrected chi connectivity index (χ4v) is 4.74. The lowest BCUT2D eigenvalue weighted by Gasteiger charge is -2.40. The highest BCUT2D eigenvalue weighted by molar-refractivity contribution is 5.96. The fourth-order valence-electron chi connectivity index (χ4n) is 4.74. The highest BCUT2D eigenvalue weighted by atomic mass is 19.4. The highest BCUT2D eigenvalue weighted by Crippen LogP contribution is 2.37. The SMILES string of the molecule is CC1(c2ccccc2)CCN(c2ccc(CC(=O)c3oc(-c4ccccc4)nc3C(F)(F)F)cn2)CC1. The number of hydrogen-bond donors (Lipinski definition) is 0. The van der Waals surface area contributed by atoms with Crippen molar-refractivity contribution < 1.29 is 22.4 Å². The molecule has 0 atom stereocenters. The van der Waals surface area contributed by atoms with E-state index in [-0.39, 0.29) is 17.7 Å². The molecule has 0 N–H and O–H groups in total. The molecule has 0 unspecified atom stereocenters. The van der Waals surface area contributed by atoms with E-state index < -0.39 is 23.4 Å². The first-order valence-corrected chi connectivity index (χ1v) is 12.1. The van der Waals surface area contributed by atoms with Gasteiger partial charge in [-0.1, -0.05) is 61.5 Å². The maximum Gasteiger partial charge on any atom is 0.437 e. The lowest BCUT2D eigenvalue weighted by atomic mass is 9.74. The van der Waals surface area contributed by atoms with E-state index in [9.17, 15) is 18.0 Å². The number of anilines is 1. The van der Waals surface area contributed by atoms with Crippen LogP contribution in [0.1, 0.15) is 47.1 Å². The molecule has 2 aromatic heterocycles. The zero-order chi connectivity index (χ0) is 26.0. The summed E-state index contributed by atoms with van der Waals surface area (Å²) in [5.41, 5.74) is 0.998. The summed E-state index contributed by atoms with van der Waals surface area (Å²) in [5.74, 6) is -1.04. The van der Waals surface area contributed by atoms with Crippen LogP contribution < -0.4 is 4.90 Å². The van der Waals surface area contributed by atoms with Crippen molar-refractivity contribution in [1.29, 1.82) is 0 Å². The molecule has 2 aromatic carbocycles. The van der Waals surface area contributed by atoms with Crippen molar-refractivity contribution in [3.05, 3.63) is 102 Å². The summed E-state index contributed by atoms with van der Waals surface area (Å²) in [6, 6.07) is 22.2. The molecule has 0 aliphatic carbocycles. The zero-order valence-corrected chi connectivity index (χ0v) is 20.3. The topological polar surface area (TPSA) is 59.2 Å². The fraction of sp³-hybridized carbons (Fsp3) is 0.276. The summed E-state index contributed by atoms with van der Waals surface area (Å²) in [5, 5.41) is 0. The average molecular weight is 506 g/mol. The Morgan fingerprint density at radius 2 is 1.62 bits per heavy atom. The van der Waals surface area contributed by atoms with E-state index in [1.807, 2.05) is 12.1 Å². The number of aromatic nitrogens is 2. The molecule has 0 saturated carbocycles. The number of hydrogen-bond acceptors (Lipinski definition) is 5. The van der Waals surface area contributed by atoms with Crippen LogP contribution in [0, 0.1) is 0 Å². The van der Waals surface area contributed by atoms with Crippen LogP contribution in [0.15, 0.2) is 83.4 Å². The van der Waals surface area contributed by atoms with E-state index in [1.165, 1.54) is 5.56 Å². The molecular weight excluding hydrogens is 479 g/mol. The third-order valence-corrected chi connectivity index (χ3v) is 7.01. The van der Waals surface area contributed by atoms with Crippen LogP contribution in [-0.4, -0.2) is 28.8 Å². The average Bonchev–Trinajstić information content (AvgIpc) is 3.38. The maximum atomic E-state index is 13.6. The van der Waals surface area contributed by atoms with Crippen molar-refractivity contribution in [2.75, 3.05) is 18.0 Å². The number of oxazole rings is 1. The van der Waals surface area contributed by atoms with Crippen LogP contribution in [0.5, 0.6) is 0 Å². The molecule has 1 aliphatic rings. The summed E-state index contributed by atoms with van der Waals surface area (Å²) in [6.45, 7) is 3.96. The van der Waals surface area contributed by atoms with Gasteiger partial charge in [0, 0.05) is 31.3 Å². The first kappa shape index (κ1) is 24.7. The molecule has 5 rings (SSSR count). The lowest BCUT2D eigenvalue weighted by Crippen LogP contribution is -2.41. The minimum atomic E-state index is -4.81. The van der Waals surface area contributed by atoms with E-state index in [4.69, 9.17) is 4.42 Å². The largest absolute Gasteiger partial charge is 0.437 e. The number of benzene rings is 2. The van der Waals surface area contributed by atoms with Gasteiger partial charge in [-0.25, -0.2) is 9.97 Å². The quantitative estimate of drug-likeness (QED) is 0.272. The molecule has 1 aliphatic heterocycles. The molecule has 1 fully saturated rings. The van der Waals surface area contributed by atoms with Crippen LogP contribution in [0.2, 0.25) is 0 Å². The molecule has 0 spiro atoms. The van der Waals surface area contributed by atoms with Crippen LogP contribution in [0.25, 0.3) is 11.5 Å². The number of alkyl halides is 3. The number of nitrogens with zero attached hydrogens (tertiary/aromatic N) is 3. The van der Waals surface area contributed by atoms with Gasteiger partial charge in [-0.15, -0.1) is 0 Å². The minimum Gasteiger partial charge on any atom is -0.432 e. The Bertz CT molecular complexity index is 1360. The number of pyridine rings is 1. The van der Waals surface area contributed by atoms with Gasteiger partial charge in [-0.05, 0) is 47.6 Å². The Labute approximate surface area is 213 Å². The number of Topliss-reactive ketones (excluding diaryl/α,β-unsaturated/α-hetero) is 1. The molecule has 37 heavy (non-hydrogen) atoms. The third-order valence-electron chi connectivity index (χ3n) is 7.01. The van der Waals surface area contributed by atoms with E-state index in [2.05, 4.69) is 46.1 Å². The van der Waals surface area contributed by atoms with Gasteiger partial charge in [0.15, 0.2) is 5.69 Å². The zero-order valence-electron chi connectivity index (χ0n) is 20.3. The van der Waals surface area contributed by atoms with Crippen molar-refractivity contribution in [2.45, 2.75) is 37.8 Å². The Hall–Kier alpha value is -3.94. The van der Waals surface area contributed by atoms with Crippen molar-refractivity contribution in [2.24, 2.45) is 0 Å². The summed E-state index contributed by atoms with van der Waals surface area (Å²) in [6.07, 6.45) is -1.58. The lowest BCUT2D eigenvalue weighted by molar-refractivity contribution is -0.141. The van der Waals surface area contributed by atoms with E-state index >= 15 is 0 Å². The number of carbonyl (C=O) groups is 1. The summed E-state index contributed by atoms with van der Waals surface area (Å²) in [4.78, 5) is 23.1. The van der Waals surface area contributed by atoms with Crippen molar-refractivity contribution in [1.82, 2.24) is 9.97 Å². The number of ketones is 1. The van der Waals surface area contributed by atoms with E-state index in [1.54, 1.807) is 42.6 Å². The Kier molecular flexibility index (Phi) is 6.58. The van der Waals surface area contributed by atoms with Gasteiger partial charge >= 0.3 is 6.18 Å². The van der Waals surface area contributed by atoms with Crippen molar-refractivity contribution >= 4 is 11.6 Å². The Morgan fingerprint density at radius 3 is 2.22 bits per heavy atom. The highest BCUT2D eigenvalue weighted by Gasteiger charge is 2.41. The smallest absolute Gasteiger partial charge is 0.432 e. The van der Waals surface area contributed by atoms with Crippen LogP contribution in [-0.2, 0) is 18.0 Å². The standard InChI is InChI=1S/C29H26F3N3O2/c1-28(22-10-6-3-7-11-22)14-16-35(17-15-28)24-13-12-20(19-33-24)18-23(36)25-26(29(30,31)32)34-27(37-25)21-8-4-2-5-9-21/h2-13,19H,14-18H2,1H3. The summed E-state index contributed by atoms with van der Waals surface area (Å²) in [7, 11) is 0. The second-order valence-electron chi connectivity index (χ2n) is 9.60. The summed E-state index contributed by atoms with van der Waals surface area (Å²) >= 11 is 0. The predicted molar refractivity (Wildman–Crippen MR) is 134 cm³/mol. The molecule has 1 saturated heterocycles. The van der Waals surface area contributed by atoms with E-state index in [0.29, 0.717) is 11.1 Å². The van der Waals surface area contributed by atoms with Gasteiger partial charge in [0.1, 0.15) is 5.82 Å². The summed E-state index contributed by atoms with van der Waals surface area (Å²) < 4.78 is 46.1. The normalized spacial score (nSPS) is 15.5. The Balaban J connectivity index is 1.28. The molecular formula is C29H26F3N3O2. The van der Waals surface area contributed by atoms with Gasteiger partial charge in [0.2, 0.25) is 17.4 Å². The molecule has 0 amide bonds. The molecule has 0 radical (unpaired) electrons. The van der Waals surface area contributed by atoms with Crippen LogP contribution in [0.4, 0.5) is 19.0 Å². The van der Waals surface area contributed by atoms with Gasteiger partial charge in [0.05, 0.1) is 0 Å². The minimum absolute atomic E-state index is 0.107. The Morgan fingerprint density at radius 1 is 0.973 bits per heavy atom. The monoisotopic (exact) mass is 505 g/mol. The molecule has 4 aromatic rings. The molecule has 8 heteroatoms. The van der Waals surface area contributed by atoms with Crippen LogP contribution in [0.3, 0.4) is 0 Å². The van der Waals surface area contributed by atoms with Gasteiger partial charge in [-0.3, -0.25) is 4.79 Å². The molecule has 5 nitrogen and oxygen atoms in total. The van der Waals surface area contributed by atoms with Crippen molar-refractivity contribution in [3.8, 4) is 11.5 Å². The number of carbonyl (C=O) groups excluding carboxylic acids is 1. The van der Waals surface area contributed by atoms with Gasteiger partial charge in [0.25, 0.3) is 0 Å². The second kappa shape index (κ2) is 9.84. The number of piperidine rings is 1. The third kappa shape index (κ3) is 5.28. The second-order valence-corrected chi connectivity index (χ2v) is 9.60. The van der Waals surface area contributed by atoms with Crippen LogP contribution >= 0.6 is 0 Å². The molecule has 3 heterocycles. The molecule has 0 bridgehead atoms. The predicted octanol–water partition coefficient (Wildman–Crippen LogP) is 6.74. The van der Waals surface area contributed by atoms with E-state index in [0.717, 1.165) is 31.7 Å². The maximum absolute atomic E-state index is 13.6. The van der Waals surface area contributed by atoms with Crippen molar-refractivity contribution in [3.63, 3.8) is 0 Å². The molecule has 190 valence electrons. The number of halogens is 3. The van der Waals surface area contributed by atoms with Gasteiger partial charge < -0.3 is 9.32 Å².